The van der Waals surface area contributed by atoms with Crippen LogP contribution in [-0.4, -0.2) is 46.5 Å². The topological polar surface area (TPSA) is 76.5 Å². The van der Waals surface area contributed by atoms with Crippen LogP contribution < -0.4 is 5.32 Å². The number of halogens is 2. The predicted octanol–water partition coefficient (Wildman–Crippen LogP) is 2.90. The number of alkyl halides is 2. The molecule has 0 aliphatic heterocycles. The zero-order chi connectivity index (χ0) is 19.3. The van der Waals surface area contributed by atoms with E-state index in [1.54, 1.807) is 31.9 Å². The highest BCUT2D eigenvalue weighted by atomic mass is 32.1. The van der Waals surface area contributed by atoms with Gasteiger partial charge < -0.3 is 10.1 Å². The fourth-order valence-corrected chi connectivity index (χ4v) is 3.29. The highest BCUT2D eigenvalue weighted by Crippen LogP contribution is 2.27. The molecule has 2 aromatic heterocycles. The number of aryl methyl sites for hydroxylation is 1. The highest BCUT2D eigenvalue weighted by molar-refractivity contribution is 7.18. The second-order valence-electron chi connectivity index (χ2n) is 5.59. The van der Waals surface area contributed by atoms with E-state index in [1.807, 2.05) is 0 Å². The molecule has 0 unspecified atom stereocenters. The largest absolute Gasteiger partial charge is 0.462 e. The van der Waals surface area contributed by atoms with Crippen LogP contribution >= 0.6 is 11.3 Å². The van der Waals surface area contributed by atoms with Gasteiger partial charge in [0.2, 0.25) is 5.91 Å². The lowest BCUT2D eigenvalue weighted by Crippen LogP contribution is -2.30. The number of thiophene rings is 1. The number of carbonyl (C=O) groups excluding carboxylic acids is 2. The number of hydrogen-bond donors (Lipinski definition) is 1. The molecular formula is C16H20F2N4O3S. The molecule has 10 heteroatoms. The molecule has 0 radical (unpaired) electrons. The lowest BCUT2D eigenvalue weighted by Gasteiger charge is -2.16. The summed E-state index contributed by atoms with van der Waals surface area (Å²) in [7, 11) is 1.63. The van der Waals surface area contributed by atoms with Crippen LogP contribution in [0.2, 0.25) is 0 Å². The summed E-state index contributed by atoms with van der Waals surface area (Å²) in [6.07, 6.45) is 2.49. The third-order valence-corrected chi connectivity index (χ3v) is 4.56. The van der Waals surface area contributed by atoms with Crippen molar-refractivity contribution < 1.29 is 23.1 Å². The molecule has 0 spiro atoms. The fraction of sp³-hybridized carbons (Fsp3) is 0.438. The zero-order valence-corrected chi connectivity index (χ0v) is 15.5. The van der Waals surface area contributed by atoms with E-state index in [-0.39, 0.29) is 31.4 Å². The number of nitrogens with zero attached hydrogens (tertiary/aromatic N) is 3. The number of hydrogen-bond acceptors (Lipinski definition) is 6. The molecular weight excluding hydrogens is 366 g/mol. The van der Waals surface area contributed by atoms with Crippen molar-refractivity contribution in [3.05, 3.63) is 34.7 Å². The lowest BCUT2D eigenvalue weighted by molar-refractivity contribution is -0.117. The van der Waals surface area contributed by atoms with Crippen LogP contribution in [0.4, 0.5) is 13.8 Å². The Morgan fingerprint density at radius 3 is 2.85 bits per heavy atom. The Hall–Kier alpha value is -2.33. The molecule has 0 saturated heterocycles. The van der Waals surface area contributed by atoms with E-state index in [0.29, 0.717) is 9.88 Å². The Labute approximate surface area is 153 Å². The summed E-state index contributed by atoms with van der Waals surface area (Å²) in [6, 6.07) is 1.69. The minimum Gasteiger partial charge on any atom is -0.462 e. The highest BCUT2D eigenvalue weighted by Gasteiger charge is 2.18. The van der Waals surface area contributed by atoms with Gasteiger partial charge in [0.15, 0.2) is 0 Å². The van der Waals surface area contributed by atoms with Gasteiger partial charge in [-0.1, -0.05) is 0 Å². The molecule has 2 rings (SSSR count). The molecule has 2 heterocycles. The van der Waals surface area contributed by atoms with Crippen LogP contribution in [0.1, 0.15) is 34.5 Å². The van der Waals surface area contributed by atoms with Crippen LogP contribution in [0.5, 0.6) is 0 Å². The van der Waals surface area contributed by atoms with Crippen LogP contribution in [0.15, 0.2) is 18.5 Å². The Morgan fingerprint density at radius 2 is 2.19 bits per heavy atom. The molecule has 0 atom stereocenters. The number of ether oxygens (including phenoxy) is 1. The van der Waals surface area contributed by atoms with Gasteiger partial charge in [-0.3, -0.25) is 14.3 Å². The Balaban J connectivity index is 1.93. The Bertz CT molecular complexity index is 775. The third kappa shape index (κ3) is 5.09. The third-order valence-electron chi connectivity index (χ3n) is 3.43. The maximum Gasteiger partial charge on any atom is 0.348 e. The summed E-state index contributed by atoms with van der Waals surface area (Å²) in [6.45, 7) is 1.17. The number of esters is 1. The van der Waals surface area contributed by atoms with Crippen LogP contribution in [-0.2, 0) is 16.1 Å². The van der Waals surface area contributed by atoms with Crippen molar-refractivity contribution in [3.8, 4) is 0 Å². The van der Waals surface area contributed by atoms with Gasteiger partial charge in [-0.15, -0.1) is 11.3 Å². The van der Waals surface area contributed by atoms with E-state index in [4.69, 9.17) is 4.74 Å². The smallest absolute Gasteiger partial charge is 0.348 e. The first-order chi connectivity index (χ1) is 12.3. The number of aromatic nitrogens is 2. The normalized spacial score (nSPS) is 11.2. The van der Waals surface area contributed by atoms with E-state index in [0.717, 1.165) is 21.5 Å². The van der Waals surface area contributed by atoms with Gasteiger partial charge >= 0.3 is 12.5 Å². The van der Waals surface area contributed by atoms with Gasteiger partial charge in [-0.2, -0.15) is 8.78 Å². The van der Waals surface area contributed by atoms with Gasteiger partial charge in [0.05, 0.1) is 24.7 Å². The fourth-order valence-electron chi connectivity index (χ4n) is 2.31. The SMILES string of the molecule is CCOC(=O)c1sc(NC(=O)CN(C)Cc2nccn2C(F)F)cc1C. The standard InChI is InChI=1S/C16H20F2N4O3S/c1-4-25-15(24)14-10(2)7-13(26-14)20-12(23)9-21(3)8-11-19-5-6-22(11)16(17)18/h5-7,16H,4,8-9H2,1-3H3,(H,20,23). The number of rotatable bonds is 8. The molecule has 7 nitrogen and oxygen atoms in total. The van der Waals surface area contributed by atoms with Crippen molar-refractivity contribution in [2.45, 2.75) is 26.9 Å². The van der Waals surface area contributed by atoms with Crippen LogP contribution in [0.3, 0.4) is 0 Å². The number of nitrogens with one attached hydrogen (secondary N) is 1. The summed E-state index contributed by atoms with van der Waals surface area (Å²) < 4.78 is 31.3. The molecule has 0 fully saturated rings. The first-order valence-electron chi connectivity index (χ1n) is 7.87. The summed E-state index contributed by atoms with van der Waals surface area (Å²) in [4.78, 5) is 29.8. The number of carbonyl (C=O) groups is 2. The van der Waals surface area contributed by atoms with Gasteiger partial charge in [0.1, 0.15) is 10.7 Å². The molecule has 1 amide bonds. The predicted molar refractivity (Wildman–Crippen MR) is 93.5 cm³/mol. The van der Waals surface area contributed by atoms with E-state index < -0.39 is 12.5 Å². The molecule has 142 valence electrons. The molecule has 1 N–H and O–H groups in total. The molecule has 0 aliphatic carbocycles. The number of amides is 1. The van der Waals surface area contributed by atoms with Gasteiger partial charge in [0, 0.05) is 12.4 Å². The van der Waals surface area contributed by atoms with Crippen molar-refractivity contribution in [1.82, 2.24) is 14.5 Å². The first-order valence-corrected chi connectivity index (χ1v) is 8.69. The summed E-state index contributed by atoms with van der Waals surface area (Å²) in [5.74, 6) is -0.572. The average molecular weight is 386 g/mol. The maximum atomic E-state index is 12.8. The lowest BCUT2D eigenvalue weighted by atomic mass is 10.3. The Kier molecular flexibility index (Phi) is 6.81. The van der Waals surface area contributed by atoms with Crippen molar-refractivity contribution in [2.75, 3.05) is 25.5 Å². The molecule has 26 heavy (non-hydrogen) atoms. The van der Waals surface area contributed by atoms with Crippen LogP contribution in [0.25, 0.3) is 0 Å². The molecule has 0 saturated carbocycles. The molecule has 0 aliphatic rings. The van der Waals surface area contributed by atoms with Crippen molar-refractivity contribution in [1.29, 1.82) is 0 Å². The number of likely N-dealkylation sites (N-methyl/N-ethyl adjacent to an activating group) is 1. The first kappa shape index (κ1) is 20.0. The van der Waals surface area contributed by atoms with Crippen molar-refractivity contribution in [3.63, 3.8) is 0 Å². The monoisotopic (exact) mass is 386 g/mol. The zero-order valence-electron chi connectivity index (χ0n) is 14.7. The van der Waals surface area contributed by atoms with Crippen molar-refractivity contribution in [2.24, 2.45) is 0 Å². The summed E-state index contributed by atoms with van der Waals surface area (Å²) in [5, 5.41) is 3.23. The number of imidazole rings is 1. The Morgan fingerprint density at radius 1 is 1.46 bits per heavy atom. The molecule has 2 aromatic rings. The molecule has 0 aromatic carbocycles. The second kappa shape index (κ2) is 8.86. The number of anilines is 1. The van der Waals surface area contributed by atoms with E-state index in [2.05, 4.69) is 10.3 Å². The maximum absolute atomic E-state index is 12.8. The molecule has 0 bridgehead atoms. The van der Waals surface area contributed by atoms with Gasteiger partial charge in [-0.05, 0) is 32.5 Å². The quantitative estimate of drug-likeness (QED) is 0.706. The van der Waals surface area contributed by atoms with Gasteiger partial charge in [0.25, 0.3) is 0 Å². The van der Waals surface area contributed by atoms with Gasteiger partial charge in [-0.25, -0.2) is 9.78 Å². The minimum absolute atomic E-state index is 0.0121. The minimum atomic E-state index is -2.68. The van der Waals surface area contributed by atoms with E-state index in [9.17, 15) is 18.4 Å². The average Bonchev–Trinajstić information content (AvgIpc) is 3.13. The van der Waals surface area contributed by atoms with E-state index >= 15 is 0 Å². The second-order valence-corrected chi connectivity index (χ2v) is 6.64. The summed E-state index contributed by atoms with van der Waals surface area (Å²) in [5.41, 5.74) is 0.719. The van der Waals surface area contributed by atoms with Crippen molar-refractivity contribution >= 4 is 28.2 Å². The van der Waals surface area contributed by atoms with Crippen LogP contribution in [0, 0.1) is 6.92 Å². The van der Waals surface area contributed by atoms with E-state index in [1.165, 1.54) is 12.4 Å². The summed E-state index contributed by atoms with van der Waals surface area (Å²) >= 11 is 1.13.